The van der Waals surface area contributed by atoms with E-state index in [0.717, 1.165) is 6.07 Å². The van der Waals surface area contributed by atoms with Gasteiger partial charge in [0, 0.05) is 29.6 Å². The van der Waals surface area contributed by atoms with Gasteiger partial charge in [0.15, 0.2) is 0 Å². The maximum absolute atomic E-state index is 13.2. The van der Waals surface area contributed by atoms with Gasteiger partial charge < -0.3 is 15.5 Å². The molecule has 0 saturated heterocycles. The van der Waals surface area contributed by atoms with Gasteiger partial charge in [-0.3, -0.25) is 19.7 Å². The summed E-state index contributed by atoms with van der Waals surface area (Å²) in [7, 11) is 0. The number of amides is 1. The van der Waals surface area contributed by atoms with Gasteiger partial charge in [0.25, 0.3) is 11.6 Å². The Morgan fingerprint density at radius 2 is 1.77 bits per heavy atom. The molecule has 0 fully saturated rings. The Labute approximate surface area is 174 Å². The number of nitrogens with one attached hydrogen (secondary N) is 1. The number of anilines is 2. The van der Waals surface area contributed by atoms with E-state index in [1.54, 1.807) is 24.4 Å². The highest BCUT2D eigenvalue weighted by atomic mass is 19.1. The lowest BCUT2D eigenvalue weighted by Crippen LogP contribution is -2.14. The van der Waals surface area contributed by atoms with E-state index >= 15 is 0 Å². The molecule has 154 valence electrons. The first-order chi connectivity index (χ1) is 14.9. The first kappa shape index (κ1) is 19.8. The van der Waals surface area contributed by atoms with Crippen molar-refractivity contribution in [3.05, 3.63) is 106 Å². The topological polar surface area (TPSA) is 120 Å². The second-order valence-corrected chi connectivity index (χ2v) is 6.69. The van der Waals surface area contributed by atoms with Crippen LogP contribution in [0.3, 0.4) is 0 Å². The molecule has 0 aliphatic heterocycles. The van der Waals surface area contributed by atoms with Crippen molar-refractivity contribution in [3.8, 4) is 0 Å². The third kappa shape index (κ3) is 3.60. The normalized spacial score (nSPS) is 10.7. The molecule has 4 aromatic rings. The molecule has 2 aromatic heterocycles. The SMILES string of the molecule is Nc1c(C(=O)Nc2ccc(F)cc2)c2ccccn2c1C(=O)c1cccc([N+](=O)[O-])c1. The molecule has 2 heterocycles. The molecule has 2 aromatic carbocycles. The zero-order valence-electron chi connectivity index (χ0n) is 15.9. The van der Waals surface area contributed by atoms with Gasteiger partial charge >= 0.3 is 0 Å². The van der Waals surface area contributed by atoms with E-state index in [4.69, 9.17) is 5.73 Å². The number of nitrogens with zero attached hydrogens (tertiary/aromatic N) is 2. The van der Waals surface area contributed by atoms with Crippen molar-refractivity contribution >= 4 is 34.3 Å². The van der Waals surface area contributed by atoms with Crippen LogP contribution in [0, 0.1) is 15.9 Å². The lowest BCUT2D eigenvalue weighted by molar-refractivity contribution is -0.384. The monoisotopic (exact) mass is 418 g/mol. The fourth-order valence-corrected chi connectivity index (χ4v) is 3.32. The van der Waals surface area contributed by atoms with Crippen LogP contribution >= 0.6 is 0 Å². The molecule has 0 atom stereocenters. The largest absolute Gasteiger partial charge is 0.396 e. The number of nitro benzene ring substituents is 1. The zero-order valence-corrected chi connectivity index (χ0v) is 15.9. The Kier molecular flexibility index (Phi) is 4.92. The molecule has 1 amide bonds. The fourth-order valence-electron chi connectivity index (χ4n) is 3.32. The van der Waals surface area contributed by atoms with Gasteiger partial charge in [-0.2, -0.15) is 0 Å². The van der Waals surface area contributed by atoms with E-state index in [2.05, 4.69) is 5.32 Å². The van der Waals surface area contributed by atoms with Crippen LogP contribution in [0.1, 0.15) is 26.4 Å². The predicted octanol–water partition coefficient (Wildman–Crippen LogP) is 4.05. The molecular weight excluding hydrogens is 403 g/mol. The number of ketones is 1. The van der Waals surface area contributed by atoms with Gasteiger partial charge in [-0.15, -0.1) is 0 Å². The summed E-state index contributed by atoms with van der Waals surface area (Å²) in [5.74, 6) is -1.59. The number of nitrogen functional groups attached to an aromatic ring is 1. The quantitative estimate of drug-likeness (QED) is 0.288. The summed E-state index contributed by atoms with van der Waals surface area (Å²) in [6, 6.07) is 15.5. The number of nitro groups is 1. The number of rotatable bonds is 5. The number of carbonyl (C=O) groups excluding carboxylic acids is 2. The molecule has 0 saturated carbocycles. The summed E-state index contributed by atoms with van der Waals surface area (Å²) in [4.78, 5) is 36.6. The van der Waals surface area contributed by atoms with Crippen molar-refractivity contribution in [1.29, 1.82) is 0 Å². The van der Waals surface area contributed by atoms with Gasteiger partial charge in [0.1, 0.15) is 11.5 Å². The molecule has 31 heavy (non-hydrogen) atoms. The minimum atomic E-state index is -0.599. The summed E-state index contributed by atoms with van der Waals surface area (Å²) in [6.45, 7) is 0. The number of aromatic nitrogens is 1. The van der Waals surface area contributed by atoms with E-state index in [1.165, 1.54) is 46.9 Å². The highest BCUT2D eigenvalue weighted by Crippen LogP contribution is 2.30. The molecule has 0 aliphatic carbocycles. The van der Waals surface area contributed by atoms with Crippen LogP contribution in [0.5, 0.6) is 0 Å². The Morgan fingerprint density at radius 3 is 2.48 bits per heavy atom. The Hall–Kier alpha value is -4.53. The Balaban J connectivity index is 1.81. The fraction of sp³-hybridized carbons (Fsp3) is 0. The number of fused-ring (bicyclic) bond motifs is 1. The van der Waals surface area contributed by atoms with Crippen molar-refractivity contribution in [2.45, 2.75) is 0 Å². The Bertz CT molecular complexity index is 1350. The van der Waals surface area contributed by atoms with Gasteiger partial charge in [0.2, 0.25) is 5.78 Å². The maximum atomic E-state index is 13.2. The van der Waals surface area contributed by atoms with Crippen LogP contribution < -0.4 is 11.1 Å². The average molecular weight is 418 g/mol. The molecule has 4 rings (SSSR count). The summed E-state index contributed by atoms with van der Waals surface area (Å²) >= 11 is 0. The van der Waals surface area contributed by atoms with Gasteiger partial charge in [0.05, 0.1) is 21.7 Å². The van der Waals surface area contributed by atoms with Crippen molar-refractivity contribution in [3.63, 3.8) is 0 Å². The number of halogens is 1. The van der Waals surface area contributed by atoms with Crippen molar-refractivity contribution in [1.82, 2.24) is 4.40 Å². The molecule has 3 N–H and O–H groups in total. The van der Waals surface area contributed by atoms with E-state index in [0.29, 0.717) is 11.2 Å². The standard InChI is InChI=1S/C22H15FN4O4/c23-14-7-9-15(10-8-14)25-22(29)18-17-6-1-2-11-26(17)20(19(18)24)21(28)13-4-3-5-16(12-13)27(30)31/h1-12H,24H2,(H,25,29). The smallest absolute Gasteiger partial charge is 0.270 e. The summed E-state index contributed by atoms with van der Waals surface area (Å²) in [5, 5.41) is 13.7. The number of benzene rings is 2. The molecule has 0 bridgehead atoms. The van der Waals surface area contributed by atoms with Gasteiger partial charge in [-0.1, -0.05) is 18.2 Å². The summed E-state index contributed by atoms with van der Waals surface area (Å²) in [5.41, 5.74) is 6.81. The molecule has 8 nitrogen and oxygen atoms in total. The Morgan fingerprint density at radius 1 is 1.03 bits per heavy atom. The number of non-ortho nitro benzene ring substituents is 1. The molecular formula is C22H15FN4O4. The molecule has 0 radical (unpaired) electrons. The van der Waals surface area contributed by atoms with Crippen LogP contribution in [-0.4, -0.2) is 21.0 Å². The average Bonchev–Trinajstić information content (AvgIpc) is 3.06. The van der Waals surface area contributed by atoms with Crippen molar-refractivity contribution in [2.75, 3.05) is 11.1 Å². The van der Waals surface area contributed by atoms with E-state index < -0.39 is 22.4 Å². The van der Waals surface area contributed by atoms with Crippen LogP contribution in [0.25, 0.3) is 5.52 Å². The third-order valence-electron chi connectivity index (χ3n) is 4.74. The second-order valence-electron chi connectivity index (χ2n) is 6.69. The van der Waals surface area contributed by atoms with Crippen LogP contribution in [0.2, 0.25) is 0 Å². The summed E-state index contributed by atoms with van der Waals surface area (Å²) in [6.07, 6.45) is 1.57. The highest BCUT2D eigenvalue weighted by molar-refractivity contribution is 6.20. The molecule has 0 unspecified atom stereocenters. The predicted molar refractivity (Wildman–Crippen MR) is 113 cm³/mol. The number of pyridine rings is 1. The number of hydrogen-bond acceptors (Lipinski definition) is 5. The number of hydrogen-bond donors (Lipinski definition) is 2. The first-order valence-electron chi connectivity index (χ1n) is 9.11. The minimum absolute atomic E-state index is 0.0142. The third-order valence-corrected chi connectivity index (χ3v) is 4.74. The second kappa shape index (κ2) is 7.71. The van der Waals surface area contributed by atoms with E-state index in [1.807, 2.05) is 0 Å². The molecule has 0 aliphatic rings. The van der Waals surface area contributed by atoms with Gasteiger partial charge in [-0.25, -0.2) is 4.39 Å². The lowest BCUT2D eigenvalue weighted by atomic mass is 10.1. The van der Waals surface area contributed by atoms with Gasteiger partial charge in [-0.05, 0) is 36.4 Å². The lowest BCUT2D eigenvalue weighted by Gasteiger charge is -2.05. The summed E-state index contributed by atoms with van der Waals surface area (Å²) < 4.78 is 14.6. The van der Waals surface area contributed by atoms with E-state index in [9.17, 15) is 24.1 Å². The maximum Gasteiger partial charge on any atom is 0.270 e. The van der Waals surface area contributed by atoms with E-state index in [-0.39, 0.29) is 28.2 Å². The van der Waals surface area contributed by atoms with Crippen LogP contribution in [0.15, 0.2) is 72.9 Å². The molecule has 0 spiro atoms. The van der Waals surface area contributed by atoms with Crippen molar-refractivity contribution in [2.24, 2.45) is 0 Å². The zero-order chi connectivity index (χ0) is 22.1. The van der Waals surface area contributed by atoms with Crippen molar-refractivity contribution < 1.29 is 18.9 Å². The number of nitrogens with two attached hydrogens (primary N) is 1. The number of carbonyl (C=O) groups is 2. The van der Waals surface area contributed by atoms with Crippen LogP contribution in [0.4, 0.5) is 21.5 Å². The first-order valence-corrected chi connectivity index (χ1v) is 9.11. The molecule has 9 heteroatoms. The van der Waals surface area contributed by atoms with Crippen LogP contribution in [-0.2, 0) is 0 Å². The minimum Gasteiger partial charge on any atom is -0.396 e. The highest BCUT2D eigenvalue weighted by Gasteiger charge is 2.27.